The standard InChI is InChI=1S/C17H17N3O2/c1-13-11-20(15(19-13)16(21)22)12-17(8-4-2-5-9-17)14-7-3-6-10-18-14/h2-8,10-11H,9,12H2,1H3,(H,21,22). The van der Waals surface area contributed by atoms with Crippen molar-refractivity contribution in [2.45, 2.75) is 25.3 Å². The Balaban J connectivity index is 2.04. The van der Waals surface area contributed by atoms with E-state index in [-0.39, 0.29) is 11.2 Å². The molecular formula is C17H17N3O2. The van der Waals surface area contributed by atoms with Gasteiger partial charge in [-0.2, -0.15) is 0 Å². The van der Waals surface area contributed by atoms with Crippen LogP contribution in [-0.2, 0) is 12.0 Å². The van der Waals surface area contributed by atoms with E-state index in [1.807, 2.05) is 30.4 Å². The van der Waals surface area contributed by atoms with Gasteiger partial charge in [-0.25, -0.2) is 9.78 Å². The van der Waals surface area contributed by atoms with E-state index in [1.54, 1.807) is 23.9 Å². The molecule has 1 atom stereocenters. The summed E-state index contributed by atoms with van der Waals surface area (Å²) in [7, 11) is 0. The van der Waals surface area contributed by atoms with Gasteiger partial charge in [-0.1, -0.05) is 30.4 Å². The van der Waals surface area contributed by atoms with Gasteiger partial charge < -0.3 is 9.67 Å². The highest BCUT2D eigenvalue weighted by Gasteiger charge is 2.32. The molecule has 1 N–H and O–H groups in total. The zero-order valence-corrected chi connectivity index (χ0v) is 12.3. The van der Waals surface area contributed by atoms with E-state index in [0.717, 1.165) is 12.1 Å². The highest BCUT2D eigenvalue weighted by molar-refractivity contribution is 5.83. The first-order chi connectivity index (χ1) is 10.6. The smallest absolute Gasteiger partial charge is 0.372 e. The third kappa shape index (κ3) is 2.57. The van der Waals surface area contributed by atoms with Gasteiger partial charge in [0.05, 0.1) is 16.8 Å². The monoisotopic (exact) mass is 295 g/mol. The minimum atomic E-state index is -1.01. The van der Waals surface area contributed by atoms with Crippen molar-refractivity contribution in [3.63, 3.8) is 0 Å². The third-order valence-corrected chi connectivity index (χ3v) is 3.86. The van der Waals surface area contributed by atoms with E-state index >= 15 is 0 Å². The van der Waals surface area contributed by atoms with Crippen LogP contribution in [0.4, 0.5) is 0 Å². The van der Waals surface area contributed by atoms with Crippen molar-refractivity contribution in [2.75, 3.05) is 0 Å². The largest absolute Gasteiger partial charge is 0.475 e. The Hall–Kier alpha value is -2.69. The molecule has 5 nitrogen and oxygen atoms in total. The summed E-state index contributed by atoms with van der Waals surface area (Å²) in [6.45, 7) is 2.29. The van der Waals surface area contributed by atoms with E-state index in [0.29, 0.717) is 12.2 Å². The first-order valence-electron chi connectivity index (χ1n) is 7.14. The maximum atomic E-state index is 11.4. The maximum Gasteiger partial charge on any atom is 0.372 e. The summed E-state index contributed by atoms with van der Waals surface area (Å²) in [5.74, 6) is -0.949. The number of rotatable bonds is 4. The Morgan fingerprint density at radius 2 is 2.27 bits per heavy atom. The summed E-state index contributed by atoms with van der Waals surface area (Å²) in [4.78, 5) is 20.0. The quantitative estimate of drug-likeness (QED) is 0.941. The Kier molecular flexibility index (Phi) is 3.63. The van der Waals surface area contributed by atoms with Crippen molar-refractivity contribution in [3.05, 3.63) is 72.1 Å². The van der Waals surface area contributed by atoms with Gasteiger partial charge in [-0.15, -0.1) is 0 Å². The van der Waals surface area contributed by atoms with Crippen LogP contribution in [0, 0.1) is 6.92 Å². The van der Waals surface area contributed by atoms with E-state index < -0.39 is 5.97 Å². The van der Waals surface area contributed by atoms with Crippen molar-refractivity contribution in [3.8, 4) is 0 Å². The Labute approximate surface area is 128 Å². The number of carboxylic acids is 1. The highest BCUT2D eigenvalue weighted by Crippen LogP contribution is 2.33. The second kappa shape index (κ2) is 5.60. The number of allylic oxidation sites excluding steroid dienone is 4. The fourth-order valence-corrected chi connectivity index (χ4v) is 2.85. The van der Waals surface area contributed by atoms with Gasteiger partial charge in [0.2, 0.25) is 5.82 Å². The average Bonchev–Trinajstić information content (AvgIpc) is 2.90. The van der Waals surface area contributed by atoms with Crippen molar-refractivity contribution in [1.29, 1.82) is 0 Å². The number of pyridine rings is 1. The normalized spacial score (nSPS) is 20.2. The molecule has 3 rings (SSSR count). The fraction of sp³-hybridized carbons (Fsp3) is 0.235. The molecular weight excluding hydrogens is 278 g/mol. The lowest BCUT2D eigenvalue weighted by Gasteiger charge is -2.31. The number of aromatic carboxylic acids is 1. The topological polar surface area (TPSA) is 68.0 Å². The minimum absolute atomic E-state index is 0.0655. The van der Waals surface area contributed by atoms with Gasteiger partial charge in [0.25, 0.3) is 0 Å². The van der Waals surface area contributed by atoms with Crippen LogP contribution in [0.1, 0.15) is 28.4 Å². The van der Waals surface area contributed by atoms with Crippen LogP contribution in [0.3, 0.4) is 0 Å². The first-order valence-corrected chi connectivity index (χ1v) is 7.14. The lowest BCUT2D eigenvalue weighted by Crippen LogP contribution is -2.32. The molecule has 112 valence electrons. The average molecular weight is 295 g/mol. The molecule has 1 aliphatic carbocycles. The van der Waals surface area contributed by atoms with Gasteiger partial charge in [-0.3, -0.25) is 4.98 Å². The Morgan fingerprint density at radius 1 is 1.41 bits per heavy atom. The molecule has 0 fully saturated rings. The van der Waals surface area contributed by atoms with Crippen molar-refractivity contribution < 1.29 is 9.90 Å². The molecule has 1 aliphatic rings. The molecule has 5 heteroatoms. The van der Waals surface area contributed by atoms with Crippen LogP contribution in [0.5, 0.6) is 0 Å². The van der Waals surface area contributed by atoms with E-state index in [4.69, 9.17) is 0 Å². The summed E-state index contributed by atoms with van der Waals surface area (Å²) in [5, 5.41) is 9.33. The van der Waals surface area contributed by atoms with Crippen molar-refractivity contribution in [1.82, 2.24) is 14.5 Å². The molecule has 0 aliphatic heterocycles. The van der Waals surface area contributed by atoms with Crippen LogP contribution >= 0.6 is 0 Å². The number of nitrogens with zero attached hydrogens (tertiary/aromatic N) is 3. The van der Waals surface area contributed by atoms with E-state index in [1.165, 1.54) is 0 Å². The van der Waals surface area contributed by atoms with Crippen LogP contribution in [-0.4, -0.2) is 25.6 Å². The maximum absolute atomic E-state index is 11.4. The lowest BCUT2D eigenvalue weighted by molar-refractivity contribution is 0.0676. The van der Waals surface area contributed by atoms with E-state index in [9.17, 15) is 9.90 Å². The molecule has 2 aromatic rings. The van der Waals surface area contributed by atoms with Crippen molar-refractivity contribution >= 4 is 5.97 Å². The number of carboxylic acid groups (broad SMARTS) is 1. The number of aromatic nitrogens is 3. The molecule has 2 aromatic heterocycles. The van der Waals surface area contributed by atoms with E-state index in [2.05, 4.69) is 22.1 Å². The number of hydrogen-bond acceptors (Lipinski definition) is 3. The summed E-state index contributed by atoms with van der Waals surface area (Å²) in [6.07, 6.45) is 12.5. The zero-order valence-electron chi connectivity index (χ0n) is 12.3. The third-order valence-electron chi connectivity index (χ3n) is 3.86. The molecule has 0 spiro atoms. The first kappa shape index (κ1) is 14.3. The highest BCUT2D eigenvalue weighted by atomic mass is 16.4. The predicted octanol–water partition coefficient (Wildman–Crippen LogP) is 2.74. The fourth-order valence-electron chi connectivity index (χ4n) is 2.85. The van der Waals surface area contributed by atoms with Gasteiger partial charge in [-0.05, 0) is 25.5 Å². The lowest BCUT2D eigenvalue weighted by atomic mass is 9.78. The molecule has 0 saturated carbocycles. The summed E-state index contributed by atoms with van der Waals surface area (Å²) in [5.41, 5.74) is 1.27. The Bertz CT molecular complexity index is 747. The molecule has 0 amide bonds. The van der Waals surface area contributed by atoms with Crippen LogP contribution in [0.15, 0.2) is 54.9 Å². The van der Waals surface area contributed by atoms with Crippen LogP contribution in [0.25, 0.3) is 0 Å². The second-order valence-corrected chi connectivity index (χ2v) is 5.50. The Morgan fingerprint density at radius 3 is 2.91 bits per heavy atom. The predicted molar refractivity (Wildman–Crippen MR) is 82.7 cm³/mol. The molecule has 1 unspecified atom stereocenters. The molecule has 0 radical (unpaired) electrons. The number of imidazole rings is 1. The molecule has 0 aromatic carbocycles. The summed E-state index contributed by atoms with van der Waals surface area (Å²) < 4.78 is 1.70. The number of aryl methyl sites for hydroxylation is 1. The molecule has 22 heavy (non-hydrogen) atoms. The van der Waals surface area contributed by atoms with Gasteiger partial charge in [0, 0.05) is 18.9 Å². The molecule has 0 bridgehead atoms. The van der Waals surface area contributed by atoms with Crippen molar-refractivity contribution in [2.24, 2.45) is 0 Å². The van der Waals surface area contributed by atoms with Gasteiger partial charge >= 0.3 is 5.97 Å². The van der Waals surface area contributed by atoms with Crippen LogP contribution < -0.4 is 0 Å². The van der Waals surface area contributed by atoms with Crippen LogP contribution in [0.2, 0.25) is 0 Å². The zero-order chi connectivity index (χ0) is 15.6. The molecule has 0 saturated heterocycles. The molecule has 2 heterocycles. The van der Waals surface area contributed by atoms with Gasteiger partial charge in [0.1, 0.15) is 0 Å². The number of carbonyl (C=O) groups is 1. The van der Waals surface area contributed by atoms with Gasteiger partial charge in [0.15, 0.2) is 0 Å². The summed E-state index contributed by atoms with van der Waals surface area (Å²) in [6, 6.07) is 5.81. The minimum Gasteiger partial charge on any atom is -0.475 e. The number of hydrogen-bond donors (Lipinski definition) is 1. The second-order valence-electron chi connectivity index (χ2n) is 5.50. The summed E-state index contributed by atoms with van der Waals surface area (Å²) >= 11 is 0. The SMILES string of the molecule is Cc1cn(CC2(c3ccccn3)C=CC=CC2)c(C(=O)O)n1.